The molecule has 47 heavy (non-hydrogen) atoms. The first-order chi connectivity index (χ1) is 22.6. The van der Waals surface area contributed by atoms with Gasteiger partial charge in [0, 0.05) is 48.9 Å². The lowest BCUT2D eigenvalue weighted by atomic mass is 10.1. The summed E-state index contributed by atoms with van der Waals surface area (Å²) in [6.07, 6.45) is 2.62. The van der Waals surface area contributed by atoms with Crippen LogP contribution in [-0.4, -0.2) is 70.8 Å². The number of carbonyl (C=O) groups is 1. The van der Waals surface area contributed by atoms with E-state index in [0.717, 1.165) is 35.3 Å². The molecule has 4 heterocycles. The third-order valence-corrected chi connectivity index (χ3v) is 11.1. The van der Waals surface area contributed by atoms with Crippen molar-refractivity contribution in [2.75, 3.05) is 26.2 Å². The zero-order chi connectivity index (χ0) is 33.1. The van der Waals surface area contributed by atoms with Gasteiger partial charge in [-0.3, -0.25) is 10.2 Å². The second kappa shape index (κ2) is 14.5. The quantitative estimate of drug-likeness (QED) is 0.218. The highest BCUT2D eigenvalue weighted by molar-refractivity contribution is 7.87. The first kappa shape index (κ1) is 33.6. The van der Waals surface area contributed by atoms with Crippen LogP contribution in [0.5, 0.6) is 0 Å². The van der Waals surface area contributed by atoms with Crippen LogP contribution >= 0.6 is 34.5 Å². The molecule has 2 saturated heterocycles. The van der Waals surface area contributed by atoms with E-state index in [1.165, 1.54) is 15.6 Å². The Balaban J connectivity index is 1.45. The number of hydrogen-bond donors (Lipinski definition) is 3. The van der Waals surface area contributed by atoms with E-state index in [4.69, 9.17) is 28.3 Å². The van der Waals surface area contributed by atoms with Gasteiger partial charge in [-0.1, -0.05) is 59.2 Å². The van der Waals surface area contributed by atoms with Crippen molar-refractivity contribution in [2.24, 2.45) is 0 Å². The molecule has 0 spiro atoms. The molecule has 0 aliphatic carbocycles. The largest absolute Gasteiger partial charge is 0.392 e. The third kappa shape index (κ3) is 7.91. The van der Waals surface area contributed by atoms with Gasteiger partial charge in [-0.2, -0.15) is 22.5 Å². The Labute approximate surface area is 288 Å². The van der Waals surface area contributed by atoms with E-state index in [0.29, 0.717) is 51.4 Å². The van der Waals surface area contributed by atoms with Crippen LogP contribution in [0.15, 0.2) is 54.6 Å². The zero-order valence-corrected chi connectivity index (χ0v) is 28.8. The molecule has 2 aromatic heterocycles. The normalized spacial score (nSPS) is 17.4. The number of nitrogens with one attached hydrogen (secondary N) is 2. The minimum atomic E-state index is -3.98. The summed E-state index contributed by atoms with van der Waals surface area (Å²) in [5.74, 6) is 5.95. The van der Waals surface area contributed by atoms with Crippen molar-refractivity contribution in [2.45, 2.75) is 45.3 Å². The second-order valence-electron chi connectivity index (χ2n) is 11.6. The maximum absolute atomic E-state index is 13.9. The number of benzene rings is 2. The van der Waals surface area contributed by atoms with Gasteiger partial charge in [0.25, 0.3) is 16.1 Å². The predicted molar refractivity (Wildman–Crippen MR) is 185 cm³/mol. The number of piperidine rings is 1. The lowest BCUT2D eigenvalue weighted by molar-refractivity contribution is 0.0743. The summed E-state index contributed by atoms with van der Waals surface area (Å²) in [6.45, 7) is 3.38. The van der Waals surface area contributed by atoms with Crippen LogP contribution in [0.4, 0.5) is 0 Å². The first-order valence-corrected chi connectivity index (χ1v) is 18.3. The Bertz CT molecular complexity index is 1940. The Kier molecular flexibility index (Phi) is 10.4. The topological polar surface area (TPSA) is 120 Å². The summed E-state index contributed by atoms with van der Waals surface area (Å²) in [4.78, 5) is 15.4. The number of aryl methyl sites for hydroxylation is 1. The lowest BCUT2D eigenvalue weighted by Gasteiger charge is -2.26. The minimum absolute atomic E-state index is 0.00191. The van der Waals surface area contributed by atoms with Crippen molar-refractivity contribution in [3.63, 3.8) is 0 Å². The van der Waals surface area contributed by atoms with Crippen LogP contribution in [0.2, 0.25) is 10.0 Å². The number of aromatic nitrogens is 2. The van der Waals surface area contributed by atoms with Gasteiger partial charge < -0.3 is 5.11 Å². The molecule has 0 radical (unpaired) electrons. The van der Waals surface area contributed by atoms with E-state index in [2.05, 4.69) is 22.0 Å². The number of aliphatic hydroxyl groups is 1. The molecule has 4 aromatic rings. The maximum atomic E-state index is 13.9. The molecule has 0 saturated carbocycles. The van der Waals surface area contributed by atoms with E-state index < -0.39 is 22.2 Å². The summed E-state index contributed by atoms with van der Waals surface area (Å²) < 4.78 is 32.1. The molecular weight excluding hydrogens is 679 g/mol. The highest BCUT2D eigenvalue weighted by atomic mass is 35.5. The van der Waals surface area contributed by atoms with Crippen molar-refractivity contribution in [1.82, 2.24) is 29.2 Å². The zero-order valence-electron chi connectivity index (χ0n) is 25.7. The number of nitrogens with zero attached hydrogens (tertiary/aromatic N) is 4. The summed E-state index contributed by atoms with van der Waals surface area (Å²) in [6, 6.07) is 16.7. The Hall–Kier alpha value is -3.25. The van der Waals surface area contributed by atoms with Crippen LogP contribution in [0.25, 0.3) is 16.3 Å². The van der Waals surface area contributed by atoms with E-state index in [1.807, 2.05) is 48.3 Å². The van der Waals surface area contributed by atoms with Crippen LogP contribution in [0, 0.1) is 18.8 Å². The molecule has 6 rings (SSSR count). The van der Waals surface area contributed by atoms with Gasteiger partial charge in [-0.05, 0) is 68.7 Å². The molecule has 2 fully saturated rings. The molecule has 1 unspecified atom stereocenters. The van der Waals surface area contributed by atoms with E-state index in [9.17, 15) is 18.3 Å². The monoisotopic (exact) mass is 712 g/mol. The van der Waals surface area contributed by atoms with Crippen molar-refractivity contribution < 1.29 is 18.3 Å². The fourth-order valence-corrected chi connectivity index (χ4v) is 8.20. The molecule has 1 amide bonds. The summed E-state index contributed by atoms with van der Waals surface area (Å²) in [5, 5.41) is 17.3. The van der Waals surface area contributed by atoms with E-state index >= 15 is 0 Å². The molecule has 3 N–H and O–H groups in total. The van der Waals surface area contributed by atoms with Gasteiger partial charge in [-0.25, -0.2) is 9.69 Å². The summed E-state index contributed by atoms with van der Waals surface area (Å²) in [7, 11) is -3.98. The van der Waals surface area contributed by atoms with Crippen molar-refractivity contribution in [1.29, 1.82) is 0 Å². The number of amides is 1. The van der Waals surface area contributed by atoms with E-state index in [-0.39, 0.29) is 25.3 Å². The summed E-state index contributed by atoms with van der Waals surface area (Å²) in [5.41, 5.74) is 6.39. The number of β-amino-alcohol motifs (C(OH)–C–C–N with tert-alkyl or cyclic N) is 1. The average Bonchev–Trinajstić information content (AvgIpc) is 3.79. The molecule has 0 bridgehead atoms. The number of aliphatic hydroxyl groups excluding tert-OH is 1. The standard InChI is InChI=1S/C33H34Cl2N6O4S2/c1-22-5-7-23(8-6-22)9-11-26-12-14-30(46-26)32-27(20-36-47(44,45)40-18-15-25(42)21-40)31(33(43)38-39-16-3-2-4-17-39)37-41(32)29-13-10-24(34)19-28(29)35/h5-8,10,12-14,19,25,36,42H,2-4,15-18,20-21H2,1H3,(H,38,43). The van der Waals surface area contributed by atoms with Gasteiger partial charge >= 0.3 is 0 Å². The van der Waals surface area contributed by atoms with Crippen LogP contribution in [0.3, 0.4) is 0 Å². The van der Waals surface area contributed by atoms with Crippen molar-refractivity contribution >= 4 is 50.7 Å². The van der Waals surface area contributed by atoms with Crippen LogP contribution < -0.4 is 10.1 Å². The smallest absolute Gasteiger partial charge is 0.286 e. The number of hydrazine groups is 1. The molecule has 14 heteroatoms. The first-order valence-electron chi connectivity index (χ1n) is 15.3. The van der Waals surface area contributed by atoms with Crippen molar-refractivity contribution in [3.05, 3.63) is 91.9 Å². The lowest BCUT2D eigenvalue weighted by Crippen LogP contribution is -2.45. The highest BCUT2D eigenvalue weighted by Gasteiger charge is 2.33. The minimum Gasteiger partial charge on any atom is -0.392 e. The van der Waals surface area contributed by atoms with Gasteiger partial charge in [0.1, 0.15) is 0 Å². The molecule has 246 valence electrons. The number of thiophene rings is 1. The third-order valence-electron chi connectivity index (χ3n) is 8.07. The molecule has 2 aromatic carbocycles. The van der Waals surface area contributed by atoms with Gasteiger partial charge in [0.05, 0.1) is 32.3 Å². The maximum Gasteiger partial charge on any atom is 0.286 e. The number of rotatable bonds is 8. The number of halogens is 2. The second-order valence-corrected chi connectivity index (χ2v) is 15.3. The molecular formula is C33H34Cl2N6O4S2. The Morgan fingerprint density at radius 1 is 1.04 bits per heavy atom. The fourth-order valence-electron chi connectivity index (χ4n) is 5.57. The van der Waals surface area contributed by atoms with Crippen molar-refractivity contribution in [3.8, 4) is 28.1 Å². The molecule has 2 aliphatic heterocycles. The fraction of sp³-hybridized carbons (Fsp3) is 0.333. The number of hydrogen-bond acceptors (Lipinski definition) is 7. The molecule has 1 atom stereocenters. The van der Waals surface area contributed by atoms with Gasteiger partial charge in [0.15, 0.2) is 5.69 Å². The summed E-state index contributed by atoms with van der Waals surface area (Å²) >= 11 is 14.3. The Morgan fingerprint density at radius 2 is 1.81 bits per heavy atom. The molecule has 10 nitrogen and oxygen atoms in total. The average molecular weight is 714 g/mol. The Morgan fingerprint density at radius 3 is 2.51 bits per heavy atom. The number of carbonyl (C=O) groups excluding carboxylic acids is 1. The van der Waals surface area contributed by atoms with Gasteiger partial charge in [0.2, 0.25) is 0 Å². The van der Waals surface area contributed by atoms with Gasteiger partial charge in [-0.15, -0.1) is 11.3 Å². The molecule has 2 aliphatic rings. The van der Waals surface area contributed by atoms with Crippen LogP contribution in [-0.2, 0) is 16.8 Å². The van der Waals surface area contributed by atoms with Crippen LogP contribution in [0.1, 0.15) is 57.7 Å². The van der Waals surface area contributed by atoms with E-state index in [1.54, 1.807) is 22.9 Å². The SMILES string of the molecule is Cc1ccc(C#Cc2ccc(-c3c(CNS(=O)(=O)N4CCC(O)C4)c(C(=O)NN4CCCCC4)nn3-c3ccc(Cl)cc3Cl)s2)cc1. The predicted octanol–water partition coefficient (Wildman–Crippen LogP) is 5.15. The highest BCUT2D eigenvalue weighted by Crippen LogP contribution is 2.37.